The van der Waals surface area contributed by atoms with Gasteiger partial charge in [-0.15, -0.1) is 0 Å². The highest BCUT2D eigenvalue weighted by Crippen LogP contribution is 2.46. The van der Waals surface area contributed by atoms with Gasteiger partial charge in [-0.2, -0.15) is 0 Å². The summed E-state index contributed by atoms with van der Waals surface area (Å²) >= 11 is 0. The van der Waals surface area contributed by atoms with Gasteiger partial charge in [0.15, 0.2) is 11.6 Å². The molecule has 3 amide bonds. The summed E-state index contributed by atoms with van der Waals surface area (Å²) in [7, 11) is 0. The molecule has 0 radical (unpaired) electrons. The molecule has 3 aliphatic rings. The SMILES string of the molecule is O=C1CCN(CCCCCNNC2(c3ccc(F)c(OCC4CCC4)c3)CC2)C(=O)N1. The monoisotopic (exact) mass is 432 g/mol. The Balaban J connectivity index is 1.14. The Morgan fingerprint density at radius 2 is 2.03 bits per heavy atom. The number of hydrogen-bond acceptors (Lipinski definition) is 5. The van der Waals surface area contributed by atoms with Crippen molar-refractivity contribution in [3.63, 3.8) is 0 Å². The first-order valence-electron chi connectivity index (χ1n) is 11.6. The van der Waals surface area contributed by atoms with Gasteiger partial charge in [0.2, 0.25) is 5.91 Å². The first kappa shape index (κ1) is 22.0. The van der Waals surface area contributed by atoms with Crippen LogP contribution < -0.4 is 20.9 Å². The Hall–Kier alpha value is -2.19. The van der Waals surface area contributed by atoms with E-state index in [1.807, 2.05) is 12.1 Å². The summed E-state index contributed by atoms with van der Waals surface area (Å²) < 4.78 is 19.9. The van der Waals surface area contributed by atoms with Crippen molar-refractivity contribution in [3.05, 3.63) is 29.6 Å². The maximum Gasteiger partial charge on any atom is 0.324 e. The van der Waals surface area contributed by atoms with Crippen molar-refractivity contribution in [1.29, 1.82) is 0 Å². The van der Waals surface area contributed by atoms with E-state index in [0.717, 1.165) is 44.2 Å². The first-order valence-corrected chi connectivity index (χ1v) is 11.6. The number of ether oxygens (including phenoxy) is 1. The molecule has 1 aromatic carbocycles. The highest BCUT2D eigenvalue weighted by molar-refractivity contribution is 5.96. The molecule has 1 heterocycles. The van der Waals surface area contributed by atoms with E-state index in [1.165, 1.54) is 25.3 Å². The lowest BCUT2D eigenvalue weighted by Gasteiger charge is -2.26. The molecular formula is C23H33FN4O3. The highest BCUT2D eigenvalue weighted by atomic mass is 19.1. The molecule has 3 fully saturated rings. The first-order chi connectivity index (χ1) is 15.1. The average Bonchev–Trinajstić information content (AvgIpc) is 3.50. The van der Waals surface area contributed by atoms with Gasteiger partial charge in [-0.1, -0.05) is 18.9 Å². The molecule has 8 heteroatoms. The molecule has 4 rings (SSSR count). The number of halogens is 1. The maximum atomic E-state index is 14.1. The highest BCUT2D eigenvalue weighted by Gasteiger charge is 2.44. The fourth-order valence-corrected chi connectivity index (χ4v) is 4.13. The van der Waals surface area contributed by atoms with Gasteiger partial charge in [0.1, 0.15) is 0 Å². The third-order valence-corrected chi connectivity index (χ3v) is 6.63. The number of nitrogens with zero attached hydrogens (tertiary/aromatic N) is 1. The lowest BCUT2D eigenvalue weighted by Crippen LogP contribution is -2.49. The van der Waals surface area contributed by atoms with E-state index < -0.39 is 0 Å². The molecule has 31 heavy (non-hydrogen) atoms. The molecule has 0 spiro atoms. The van der Waals surface area contributed by atoms with Crippen molar-refractivity contribution in [2.45, 2.75) is 63.3 Å². The van der Waals surface area contributed by atoms with E-state index in [0.29, 0.717) is 37.8 Å². The van der Waals surface area contributed by atoms with Crippen molar-refractivity contribution in [3.8, 4) is 5.75 Å². The molecular weight excluding hydrogens is 399 g/mol. The second-order valence-electron chi connectivity index (χ2n) is 9.04. The fraction of sp³-hybridized carbons (Fsp3) is 0.652. The third kappa shape index (κ3) is 5.74. The number of unbranched alkanes of at least 4 members (excludes halogenated alkanes) is 2. The maximum absolute atomic E-state index is 14.1. The Kier molecular flexibility index (Phi) is 7.07. The van der Waals surface area contributed by atoms with Crippen LogP contribution in [-0.4, -0.2) is 43.1 Å². The summed E-state index contributed by atoms with van der Waals surface area (Å²) in [5.41, 5.74) is 7.68. The molecule has 170 valence electrons. The number of hydrogen-bond donors (Lipinski definition) is 3. The Bertz CT molecular complexity index is 795. The number of carbonyl (C=O) groups excluding carboxylic acids is 2. The van der Waals surface area contributed by atoms with Crippen LogP contribution in [0.15, 0.2) is 18.2 Å². The van der Waals surface area contributed by atoms with Gasteiger partial charge < -0.3 is 9.64 Å². The van der Waals surface area contributed by atoms with E-state index in [9.17, 15) is 14.0 Å². The molecule has 7 nitrogen and oxygen atoms in total. The number of amides is 3. The summed E-state index contributed by atoms with van der Waals surface area (Å²) in [5.74, 6) is 0.452. The van der Waals surface area contributed by atoms with Crippen LogP contribution in [0.5, 0.6) is 5.75 Å². The average molecular weight is 433 g/mol. The van der Waals surface area contributed by atoms with Gasteiger partial charge in [-0.05, 0) is 62.1 Å². The summed E-state index contributed by atoms with van der Waals surface area (Å²) in [6.45, 7) is 2.61. The zero-order valence-corrected chi connectivity index (χ0v) is 18.1. The summed E-state index contributed by atoms with van der Waals surface area (Å²) in [4.78, 5) is 24.6. The third-order valence-electron chi connectivity index (χ3n) is 6.63. The van der Waals surface area contributed by atoms with Crippen molar-refractivity contribution < 1.29 is 18.7 Å². The fourth-order valence-electron chi connectivity index (χ4n) is 4.13. The van der Waals surface area contributed by atoms with Crippen LogP contribution in [0.25, 0.3) is 0 Å². The lowest BCUT2D eigenvalue weighted by atomic mass is 9.86. The quantitative estimate of drug-likeness (QED) is 0.349. The van der Waals surface area contributed by atoms with Gasteiger partial charge in [-0.25, -0.2) is 14.6 Å². The number of urea groups is 1. The smallest absolute Gasteiger partial charge is 0.324 e. The molecule has 2 saturated carbocycles. The van der Waals surface area contributed by atoms with E-state index in [-0.39, 0.29) is 23.3 Å². The van der Waals surface area contributed by atoms with Gasteiger partial charge in [-0.3, -0.25) is 15.5 Å². The summed E-state index contributed by atoms with van der Waals surface area (Å²) in [5, 5.41) is 2.35. The second-order valence-corrected chi connectivity index (χ2v) is 9.04. The van der Waals surface area contributed by atoms with Gasteiger partial charge in [0, 0.05) is 26.1 Å². The molecule has 1 aromatic rings. The van der Waals surface area contributed by atoms with E-state index in [4.69, 9.17) is 4.74 Å². The van der Waals surface area contributed by atoms with Gasteiger partial charge >= 0.3 is 6.03 Å². The minimum atomic E-state index is -0.293. The molecule has 2 aliphatic carbocycles. The van der Waals surface area contributed by atoms with E-state index >= 15 is 0 Å². The Morgan fingerprint density at radius 1 is 1.19 bits per heavy atom. The lowest BCUT2D eigenvalue weighted by molar-refractivity contribution is -0.121. The minimum Gasteiger partial charge on any atom is -0.490 e. The van der Waals surface area contributed by atoms with Crippen LogP contribution in [-0.2, 0) is 10.3 Å². The van der Waals surface area contributed by atoms with Crippen LogP contribution in [0.3, 0.4) is 0 Å². The topological polar surface area (TPSA) is 82.7 Å². The Labute approximate surface area is 183 Å². The summed E-state index contributed by atoms with van der Waals surface area (Å²) in [6, 6.07) is 4.94. The molecule has 0 aromatic heterocycles. The number of carbonyl (C=O) groups is 2. The minimum absolute atomic E-state index is 0.138. The number of hydrazine groups is 1. The van der Waals surface area contributed by atoms with Crippen LogP contribution in [0, 0.1) is 11.7 Å². The molecule has 1 saturated heterocycles. The molecule has 3 N–H and O–H groups in total. The van der Waals surface area contributed by atoms with Crippen LogP contribution in [0.4, 0.5) is 9.18 Å². The van der Waals surface area contributed by atoms with E-state index in [2.05, 4.69) is 16.2 Å². The largest absolute Gasteiger partial charge is 0.490 e. The summed E-state index contributed by atoms with van der Waals surface area (Å²) in [6.07, 6.45) is 8.91. The van der Waals surface area contributed by atoms with Crippen LogP contribution in [0.2, 0.25) is 0 Å². The zero-order chi connectivity index (χ0) is 21.7. The molecule has 0 atom stereocenters. The van der Waals surface area contributed by atoms with Crippen molar-refractivity contribution >= 4 is 11.9 Å². The zero-order valence-electron chi connectivity index (χ0n) is 18.1. The number of imide groups is 1. The molecule has 0 bridgehead atoms. The molecule has 0 unspecified atom stereocenters. The van der Waals surface area contributed by atoms with Crippen LogP contribution in [0.1, 0.15) is 63.4 Å². The van der Waals surface area contributed by atoms with Crippen molar-refractivity contribution in [2.75, 3.05) is 26.2 Å². The van der Waals surface area contributed by atoms with Gasteiger partial charge in [0.05, 0.1) is 12.1 Å². The molecule has 1 aliphatic heterocycles. The standard InChI is InChI=1S/C23H33FN4O3/c24-19-8-7-18(15-20(19)31-16-17-5-4-6-17)23(10-11-23)27-25-12-2-1-3-13-28-14-9-21(29)26-22(28)30/h7-8,15,17,25,27H,1-6,9-14,16H2,(H,26,29,30). The van der Waals surface area contributed by atoms with Crippen molar-refractivity contribution in [2.24, 2.45) is 5.92 Å². The number of benzene rings is 1. The number of nitrogens with one attached hydrogen (secondary N) is 3. The normalized spacial score (nSPS) is 20.4. The Morgan fingerprint density at radius 3 is 2.74 bits per heavy atom. The van der Waals surface area contributed by atoms with Crippen molar-refractivity contribution in [1.82, 2.24) is 21.1 Å². The second kappa shape index (κ2) is 9.96. The predicted molar refractivity (Wildman–Crippen MR) is 115 cm³/mol. The number of rotatable bonds is 12. The van der Waals surface area contributed by atoms with E-state index in [1.54, 1.807) is 4.90 Å². The van der Waals surface area contributed by atoms with Crippen LogP contribution >= 0.6 is 0 Å². The predicted octanol–water partition coefficient (Wildman–Crippen LogP) is 3.20. The van der Waals surface area contributed by atoms with Gasteiger partial charge in [0.25, 0.3) is 0 Å².